The Labute approximate surface area is 159 Å². The molecule has 0 aliphatic heterocycles. The van der Waals surface area contributed by atoms with E-state index in [4.69, 9.17) is 4.52 Å². The van der Waals surface area contributed by atoms with Crippen LogP contribution in [0.2, 0.25) is 0 Å². The quantitative estimate of drug-likeness (QED) is 0.817. The van der Waals surface area contributed by atoms with Gasteiger partial charge in [-0.1, -0.05) is 24.4 Å². The normalized spacial score (nSPS) is 15.8. The molecule has 146 valence electrons. The lowest BCUT2D eigenvalue weighted by atomic mass is 9.96. The lowest BCUT2D eigenvalue weighted by Crippen LogP contribution is -2.38. The number of hydrogen-bond acceptors (Lipinski definition) is 5. The van der Waals surface area contributed by atoms with Gasteiger partial charge in [0.25, 0.3) is 5.91 Å². The highest BCUT2D eigenvalue weighted by molar-refractivity contribution is 7.89. The van der Waals surface area contributed by atoms with Gasteiger partial charge in [0.05, 0.1) is 17.1 Å². The van der Waals surface area contributed by atoms with Gasteiger partial charge in [0, 0.05) is 24.7 Å². The maximum atomic E-state index is 12.8. The third-order valence-corrected chi connectivity index (χ3v) is 6.91. The number of benzene rings is 1. The molecule has 0 saturated heterocycles. The number of amides is 1. The van der Waals surface area contributed by atoms with Gasteiger partial charge in [-0.2, -0.15) is 4.31 Å². The second kappa shape index (κ2) is 8.22. The van der Waals surface area contributed by atoms with E-state index >= 15 is 0 Å². The molecular formula is C19H25N3O4S. The second-order valence-electron chi connectivity index (χ2n) is 6.95. The van der Waals surface area contributed by atoms with Crippen molar-refractivity contribution in [3.63, 3.8) is 0 Å². The third kappa shape index (κ3) is 4.56. The number of rotatable bonds is 6. The first-order chi connectivity index (χ1) is 12.9. The Hall–Kier alpha value is -2.19. The lowest BCUT2D eigenvalue weighted by molar-refractivity contribution is 0.0947. The highest BCUT2D eigenvalue weighted by atomic mass is 32.2. The minimum absolute atomic E-state index is 0.0529. The number of carbonyl (C=O) groups is 1. The molecule has 1 saturated carbocycles. The molecule has 0 bridgehead atoms. The SMILES string of the molecule is Cc1cc(CNC(=O)c2ccc(S(=O)(=O)N(C)C3CCCCC3)cc2)on1. The average Bonchev–Trinajstić information content (AvgIpc) is 3.11. The Morgan fingerprint density at radius 3 is 2.48 bits per heavy atom. The number of hydrogen-bond donors (Lipinski definition) is 1. The molecule has 1 N–H and O–H groups in total. The topological polar surface area (TPSA) is 92.5 Å². The van der Waals surface area contributed by atoms with Crippen LogP contribution in [0.4, 0.5) is 0 Å². The van der Waals surface area contributed by atoms with Crippen molar-refractivity contribution in [2.75, 3.05) is 7.05 Å². The fraction of sp³-hybridized carbons (Fsp3) is 0.474. The number of sulfonamides is 1. The maximum Gasteiger partial charge on any atom is 0.251 e. The van der Waals surface area contributed by atoms with E-state index in [1.165, 1.54) is 35.0 Å². The maximum absolute atomic E-state index is 12.8. The molecular weight excluding hydrogens is 366 g/mol. The van der Waals surface area contributed by atoms with Crippen LogP contribution >= 0.6 is 0 Å². The minimum Gasteiger partial charge on any atom is -0.359 e. The van der Waals surface area contributed by atoms with Crippen LogP contribution in [0.15, 0.2) is 39.8 Å². The number of nitrogens with one attached hydrogen (secondary N) is 1. The molecule has 3 rings (SSSR count). The highest BCUT2D eigenvalue weighted by Crippen LogP contribution is 2.26. The van der Waals surface area contributed by atoms with E-state index < -0.39 is 10.0 Å². The van der Waals surface area contributed by atoms with Crippen molar-refractivity contribution in [3.8, 4) is 0 Å². The number of nitrogens with zero attached hydrogens (tertiary/aromatic N) is 2. The summed E-state index contributed by atoms with van der Waals surface area (Å²) in [5, 5.41) is 6.49. The van der Waals surface area contributed by atoms with E-state index in [2.05, 4.69) is 10.5 Å². The number of carbonyl (C=O) groups excluding carboxylic acids is 1. The number of aryl methyl sites for hydroxylation is 1. The Morgan fingerprint density at radius 1 is 1.22 bits per heavy atom. The predicted molar refractivity (Wildman–Crippen MR) is 101 cm³/mol. The molecule has 1 aromatic carbocycles. The smallest absolute Gasteiger partial charge is 0.251 e. The van der Waals surface area contributed by atoms with Crippen LogP contribution < -0.4 is 5.32 Å². The van der Waals surface area contributed by atoms with E-state index in [0.717, 1.165) is 31.4 Å². The van der Waals surface area contributed by atoms with Gasteiger partial charge in [-0.05, 0) is 44.0 Å². The van der Waals surface area contributed by atoms with Crippen LogP contribution in [0.1, 0.15) is 53.9 Å². The van der Waals surface area contributed by atoms with Gasteiger partial charge in [0.1, 0.15) is 0 Å². The van der Waals surface area contributed by atoms with Gasteiger partial charge in [0.2, 0.25) is 10.0 Å². The molecule has 8 heteroatoms. The summed E-state index contributed by atoms with van der Waals surface area (Å²) in [5.41, 5.74) is 1.14. The zero-order chi connectivity index (χ0) is 19.4. The van der Waals surface area contributed by atoms with E-state index in [9.17, 15) is 13.2 Å². The Balaban J connectivity index is 1.65. The molecule has 2 aromatic rings. The zero-order valence-electron chi connectivity index (χ0n) is 15.6. The standard InChI is InChI=1S/C19H25N3O4S/c1-14-12-17(26-21-14)13-20-19(23)15-8-10-18(11-9-15)27(24,25)22(2)16-6-4-3-5-7-16/h8-12,16H,3-7,13H2,1-2H3,(H,20,23). The van der Waals surface area contributed by atoms with Crippen LogP contribution in [0.25, 0.3) is 0 Å². The van der Waals surface area contributed by atoms with Crippen LogP contribution in [-0.2, 0) is 16.6 Å². The van der Waals surface area contributed by atoms with Crippen molar-refractivity contribution < 1.29 is 17.7 Å². The molecule has 1 aliphatic rings. The molecule has 0 radical (unpaired) electrons. The fourth-order valence-corrected chi connectivity index (χ4v) is 4.77. The predicted octanol–water partition coefficient (Wildman–Crippen LogP) is 2.87. The van der Waals surface area contributed by atoms with Gasteiger partial charge in [-0.15, -0.1) is 0 Å². The Kier molecular flexibility index (Phi) is 5.96. The zero-order valence-corrected chi connectivity index (χ0v) is 16.5. The van der Waals surface area contributed by atoms with Crippen molar-refractivity contribution >= 4 is 15.9 Å². The first-order valence-corrected chi connectivity index (χ1v) is 10.6. The summed E-state index contributed by atoms with van der Waals surface area (Å²) in [7, 11) is -1.91. The van der Waals surface area contributed by atoms with Crippen molar-refractivity contribution in [2.45, 2.75) is 56.5 Å². The Morgan fingerprint density at radius 2 is 1.89 bits per heavy atom. The molecule has 0 unspecified atom stereocenters. The summed E-state index contributed by atoms with van der Waals surface area (Å²) >= 11 is 0. The van der Waals surface area contributed by atoms with Gasteiger partial charge < -0.3 is 9.84 Å². The van der Waals surface area contributed by atoms with E-state index in [0.29, 0.717) is 11.3 Å². The van der Waals surface area contributed by atoms with Crippen molar-refractivity contribution in [2.24, 2.45) is 0 Å². The van der Waals surface area contributed by atoms with E-state index in [1.807, 2.05) is 0 Å². The monoisotopic (exact) mass is 391 g/mol. The number of aromatic nitrogens is 1. The van der Waals surface area contributed by atoms with E-state index in [-0.39, 0.29) is 23.4 Å². The summed E-state index contributed by atoms with van der Waals surface area (Å²) in [5.74, 6) is 0.266. The summed E-state index contributed by atoms with van der Waals surface area (Å²) < 4.78 is 32.2. The molecule has 1 aliphatic carbocycles. The second-order valence-corrected chi connectivity index (χ2v) is 8.95. The van der Waals surface area contributed by atoms with Crippen LogP contribution in [-0.4, -0.2) is 36.9 Å². The molecule has 0 atom stereocenters. The molecule has 1 fully saturated rings. The summed E-state index contributed by atoms with van der Waals surface area (Å²) in [6.07, 6.45) is 5.10. The van der Waals surface area contributed by atoms with Gasteiger partial charge in [-0.25, -0.2) is 8.42 Å². The lowest BCUT2D eigenvalue weighted by Gasteiger charge is -2.30. The van der Waals surface area contributed by atoms with Crippen LogP contribution in [0.3, 0.4) is 0 Å². The molecule has 1 heterocycles. The van der Waals surface area contributed by atoms with E-state index in [1.54, 1.807) is 20.0 Å². The van der Waals surface area contributed by atoms with Crippen molar-refractivity contribution in [3.05, 3.63) is 47.3 Å². The van der Waals surface area contributed by atoms with Crippen LogP contribution in [0, 0.1) is 6.92 Å². The molecule has 1 aromatic heterocycles. The average molecular weight is 391 g/mol. The summed E-state index contributed by atoms with van der Waals surface area (Å²) in [6, 6.07) is 7.84. The van der Waals surface area contributed by atoms with Crippen molar-refractivity contribution in [1.82, 2.24) is 14.8 Å². The highest BCUT2D eigenvalue weighted by Gasteiger charge is 2.29. The third-order valence-electron chi connectivity index (χ3n) is 4.98. The first kappa shape index (κ1) is 19.6. The molecule has 1 amide bonds. The van der Waals surface area contributed by atoms with Crippen molar-refractivity contribution in [1.29, 1.82) is 0 Å². The fourth-order valence-electron chi connectivity index (χ4n) is 3.35. The minimum atomic E-state index is -3.56. The summed E-state index contributed by atoms with van der Waals surface area (Å²) in [4.78, 5) is 12.4. The van der Waals surface area contributed by atoms with Gasteiger partial charge >= 0.3 is 0 Å². The van der Waals surface area contributed by atoms with Gasteiger partial charge in [-0.3, -0.25) is 4.79 Å². The van der Waals surface area contributed by atoms with Crippen LogP contribution in [0.5, 0.6) is 0 Å². The molecule has 27 heavy (non-hydrogen) atoms. The van der Waals surface area contributed by atoms with Gasteiger partial charge in [0.15, 0.2) is 5.76 Å². The first-order valence-electron chi connectivity index (χ1n) is 9.16. The molecule has 0 spiro atoms. The summed E-state index contributed by atoms with van der Waals surface area (Å²) in [6.45, 7) is 2.03. The Bertz CT molecular complexity index is 884. The molecule has 7 nitrogen and oxygen atoms in total. The largest absolute Gasteiger partial charge is 0.359 e.